The summed E-state index contributed by atoms with van der Waals surface area (Å²) < 4.78 is 0. The molecule has 1 amide bonds. The summed E-state index contributed by atoms with van der Waals surface area (Å²) in [7, 11) is 0. The van der Waals surface area contributed by atoms with E-state index in [9.17, 15) is 4.79 Å². The summed E-state index contributed by atoms with van der Waals surface area (Å²) in [5.41, 5.74) is 0.436. The van der Waals surface area contributed by atoms with Gasteiger partial charge in [0.25, 0.3) is 5.91 Å². The molecule has 0 aromatic carbocycles. The summed E-state index contributed by atoms with van der Waals surface area (Å²) in [5, 5.41) is 9.17. The van der Waals surface area contributed by atoms with Crippen LogP contribution in [0.25, 0.3) is 0 Å². The lowest BCUT2D eigenvalue weighted by atomic mass is 10.2. The van der Waals surface area contributed by atoms with E-state index in [0.717, 1.165) is 18.0 Å². The van der Waals surface area contributed by atoms with Gasteiger partial charge in [0.2, 0.25) is 0 Å². The average molecular weight is 325 g/mol. The van der Waals surface area contributed by atoms with Gasteiger partial charge in [0.1, 0.15) is 10.8 Å². The van der Waals surface area contributed by atoms with Crippen LogP contribution < -0.4 is 10.6 Å². The lowest BCUT2D eigenvalue weighted by Crippen LogP contribution is -2.26. The molecular formula is C14H17ClN4OS. The Hall–Kier alpha value is -1.66. The second kappa shape index (κ2) is 7.38. The maximum Gasteiger partial charge on any atom is 0.253 e. The number of carbonyl (C=O) groups excluding carboxylic acids is 1. The van der Waals surface area contributed by atoms with E-state index in [1.54, 1.807) is 12.3 Å². The van der Waals surface area contributed by atoms with E-state index in [2.05, 4.69) is 27.5 Å². The number of thiazole rings is 1. The second-order valence-electron chi connectivity index (χ2n) is 4.55. The predicted octanol–water partition coefficient (Wildman–Crippen LogP) is 3.50. The van der Waals surface area contributed by atoms with Gasteiger partial charge in [0.05, 0.1) is 16.6 Å². The molecule has 2 N–H and O–H groups in total. The normalized spacial score (nSPS) is 12.0. The molecule has 0 aliphatic carbocycles. The summed E-state index contributed by atoms with van der Waals surface area (Å²) in [6.07, 6.45) is 4.22. The number of rotatable bonds is 6. The zero-order valence-corrected chi connectivity index (χ0v) is 13.5. The molecule has 0 saturated carbocycles. The van der Waals surface area contributed by atoms with Crippen molar-refractivity contribution < 1.29 is 4.79 Å². The van der Waals surface area contributed by atoms with Crippen LogP contribution in [0.2, 0.25) is 5.02 Å². The van der Waals surface area contributed by atoms with E-state index in [-0.39, 0.29) is 11.9 Å². The smallest absolute Gasteiger partial charge is 0.253 e. The molecular weight excluding hydrogens is 308 g/mol. The largest absolute Gasteiger partial charge is 0.369 e. The van der Waals surface area contributed by atoms with Crippen LogP contribution in [-0.2, 0) is 0 Å². The maximum atomic E-state index is 12.2. The van der Waals surface area contributed by atoms with Gasteiger partial charge < -0.3 is 10.6 Å². The van der Waals surface area contributed by atoms with Crippen LogP contribution in [0.4, 0.5) is 5.82 Å². The van der Waals surface area contributed by atoms with Gasteiger partial charge in [0.15, 0.2) is 0 Å². The molecule has 5 nitrogen and oxygen atoms in total. The number of anilines is 1. The number of hydrogen-bond donors (Lipinski definition) is 2. The molecule has 0 saturated heterocycles. The fourth-order valence-corrected chi connectivity index (χ4v) is 2.60. The van der Waals surface area contributed by atoms with Gasteiger partial charge in [-0.2, -0.15) is 0 Å². The van der Waals surface area contributed by atoms with Gasteiger partial charge in [-0.1, -0.05) is 18.5 Å². The van der Waals surface area contributed by atoms with Crippen molar-refractivity contribution in [2.24, 2.45) is 0 Å². The van der Waals surface area contributed by atoms with E-state index >= 15 is 0 Å². The van der Waals surface area contributed by atoms with Crippen LogP contribution in [0.15, 0.2) is 23.8 Å². The first-order valence-corrected chi connectivity index (χ1v) is 7.97. The predicted molar refractivity (Wildman–Crippen MR) is 86.0 cm³/mol. The summed E-state index contributed by atoms with van der Waals surface area (Å²) in [6, 6.07) is 1.48. The van der Waals surface area contributed by atoms with E-state index in [0.29, 0.717) is 16.4 Å². The van der Waals surface area contributed by atoms with E-state index in [4.69, 9.17) is 11.6 Å². The van der Waals surface area contributed by atoms with Crippen molar-refractivity contribution in [2.75, 3.05) is 11.9 Å². The fourth-order valence-electron chi connectivity index (χ4n) is 1.73. The Morgan fingerprint density at radius 3 is 2.90 bits per heavy atom. The Kier molecular flexibility index (Phi) is 5.52. The summed E-state index contributed by atoms with van der Waals surface area (Å²) in [4.78, 5) is 20.5. The summed E-state index contributed by atoms with van der Waals surface area (Å²) >= 11 is 7.64. The van der Waals surface area contributed by atoms with Crippen LogP contribution in [-0.4, -0.2) is 22.4 Å². The molecule has 2 aromatic heterocycles. The lowest BCUT2D eigenvalue weighted by molar-refractivity contribution is 0.0939. The summed E-state index contributed by atoms with van der Waals surface area (Å²) in [6.45, 7) is 4.74. The van der Waals surface area contributed by atoms with Crippen LogP contribution in [0.1, 0.15) is 41.7 Å². The average Bonchev–Trinajstić information content (AvgIpc) is 3.00. The minimum absolute atomic E-state index is 0.144. The molecule has 0 radical (unpaired) electrons. The van der Waals surface area contributed by atoms with Crippen molar-refractivity contribution in [3.05, 3.63) is 39.4 Å². The minimum Gasteiger partial charge on any atom is -0.369 e. The third-order valence-electron chi connectivity index (χ3n) is 2.82. The Bertz CT molecular complexity index is 603. The van der Waals surface area contributed by atoms with Crippen molar-refractivity contribution in [1.82, 2.24) is 15.3 Å². The molecule has 0 aliphatic heterocycles. The molecule has 7 heteroatoms. The first kappa shape index (κ1) is 15.7. The number of nitrogens with one attached hydrogen (secondary N) is 2. The number of amides is 1. The third-order valence-corrected chi connectivity index (χ3v) is 4.06. The van der Waals surface area contributed by atoms with E-state index in [1.165, 1.54) is 17.5 Å². The maximum absolute atomic E-state index is 12.2. The molecule has 0 spiro atoms. The van der Waals surface area contributed by atoms with Gasteiger partial charge in [-0.3, -0.25) is 4.79 Å². The molecule has 2 aromatic rings. The van der Waals surface area contributed by atoms with E-state index in [1.807, 2.05) is 12.3 Å². The fraction of sp³-hybridized carbons (Fsp3) is 0.357. The highest BCUT2D eigenvalue weighted by molar-refractivity contribution is 7.09. The Balaban J connectivity index is 2.04. The number of hydrogen-bond acceptors (Lipinski definition) is 5. The number of carbonyl (C=O) groups is 1. The number of pyridine rings is 1. The SMILES string of the molecule is CCCNc1ncc(C(=O)NC(C)c2nccs2)cc1Cl. The zero-order chi connectivity index (χ0) is 15.2. The molecule has 0 aliphatic rings. The van der Waals surface area contributed by atoms with Gasteiger partial charge in [-0.25, -0.2) is 9.97 Å². The van der Waals surface area contributed by atoms with Crippen LogP contribution >= 0.6 is 22.9 Å². The topological polar surface area (TPSA) is 66.9 Å². The highest BCUT2D eigenvalue weighted by atomic mass is 35.5. The lowest BCUT2D eigenvalue weighted by Gasteiger charge is -2.12. The molecule has 1 atom stereocenters. The first-order chi connectivity index (χ1) is 10.1. The molecule has 112 valence electrons. The second-order valence-corrected chi connectivity index (χ2v) is 5.88. The quantitative estimate of drug-likeness (QED) is 0.853. The highest BCUT2D eigenvalue weighted by Crippen LogP contribution is 2.21. The molecule has 21 heavy (non-hydrogen) atoms. The van der Waals surface area contributed by atoms with Crippen LogP contribution in [0, 0.1) is 0 Å². The number of halogens is 1. The van der Waals surface area contributed by atoms with Gasteiger partial charge in [-0.05, 0) is 19.4 Å². The van der Waals surface area contributed by atoms with Crippen molar-refractivity contribution in [3.8, 4) is 0 Å². The van der Waals surface area contributed by atoms with E-state index < -0.39 is 0 Å². The van der Waals surface area contributed by atoms with Crippen molar-refractivity contribution in [2.45, 2.75) is 26.3 Å². The molecule has 0 bridgehead atoms. The highest BCUT2D eigenvalue weighted by Gasteiger charge is 2.15. The standard InChI is InChI=1S/C14H17ClN4OS/c1-3-4-16-12-11(15)7-10(8-18-12)13(20)19-9(2)14-17-5-6-21-14/h5-9H,3-4H2,1-2H3,(H,16,18)(H,19,20). The Morgan fingerprint density at radius 1 is 1.48 bits per heavy atom. The van der Waals surface area contributed by atoms with Crippen molar-refractivity contribution in [1.29, 1.82) is 0 Å². The molecule has 2 heterocycles. The molecule has 1 unspecified atom stereocenters. The van der Waals surface area contributed by atoms with Crippen LogP contribution in [0.5, 0.6) is 0 Å². The number of aromatic nitrogens is 2. The number of nitrogens with zero attached hydrogens (tertiary/aromatic N) is 2. The molecule has 0 fully saturated rings. The van der Waals surface area contributed by atoms with Crippen molar-refractivity contribution >= 4 is 34.7 Å². The Labute approximate surface area is 132 Å². The Morgan fingerprint density at radius 2 is 2.29 bits per heavy atom. The zero-order valence-electron chi connectivity index (χ0n) is 11.9. The van der Waals surface area contributed by atoms with Gasteiger partial charge in [-0.15, -0.1) is 11.3 Å². The van der Waals surface area contributed by atoms with Crippen LogP contribution in [0.3, 0.4) is 0 Å². The van der Waals surface area contributed by atoms with Gasteiger partial charge in [0, 0.05) is 24.3 Å². The first-order valence-electron chi connectivity index (χ1n) is 6.71. The third kappa shape index (κ3) is 4.15. The molecule has 2 rings (SSSR count). The van der Waals surface area contributed by atoms with Crippen molar-refractivity contribution in [3.63, 3.8) is 0 Å². The van der Waals surface area contributed by atoms with Gasteiger partial charge >= 0.3 is 0 Å². The summed E-state index contributed by atoms with van der Waals surface area (Å²) in [5.74, 6) is 0.386. The monoisotopic (exact) mass is 324 g/mol. The minimum atomic E-state index is -0.214.